The Morgan fingerprint density at radius 3 is 2.68 bits per heavy atom. The molecule has 118 valence electrons. The van der Waals surface area contributed by atoms with Crippen molar-refractivity contribution in [3.05, 3.63) is 51.0 Å². The van der Waals surface area contributed by atoms with Crippen molar-refractivity contribution in [3.8, 4) is 0 Å². The number of rotatable bonds is 5. The highest BCUT2D eigenvalue weighted by atomic mass is 32.1. The van der Waals surface area contributed by atoms with Crippen molar-refractivity contribution in [2.24, 2.45) is 4.99 Å². The fourth-order valence-corrected chi connectivity index (χ4v) is 2.90. The van der Waals surface area contributed by atoms with Crippen LogP contribution < -0.4 is 10.6 Å². The number of aromatic nitrogens is 1. The number of nitrogens with one attached hydrogen (secondary N) is 2. The van der Waals surface area contributed by atoms with Crippen molar-refractivity contribution in [1.82, 2.24) is 15.6 Å². The molecular formula is C17H24N4S. The molecule has 0 spiro atoms. The van der Waals surface area contributed by atoms with E-state index in [9.17, 15) is 0 Å². The maximum absolute atomic E-state index is 4.67. The molecule has 0 amide bonds. The van der Waals surface area contributed by atoms with Gasteiger partial charge in [0.15, 0.2) is 5.96 Å². The second-order valence-electron chi connectivity index (χ2n) is 5.34. The second kappa shape index (κ2) is 7.94. The first-order valence-corrected chi connectivity index (χ1v) is 8.39. The van der Waals surface area contributed by atoms with Gasteiger partial charge >= 0.3 is 0 Å². The van der Waals surface area contributed by atoms with Gasteiger partial charge in [-0.3, -0.25) is 0 Å². The minimum absolute atomic E-state index is 0.679. The lowest BCUT2D eigenvalue weighted by Gasteiger charge is -2.11. The molecular weight excluding hydrogens is 292 g/mol. The fourth-order valence-electron chi connectivity index (χ4n) is 2.17. The van der Waals surface area contributed by atoms with E-state index in [0.717, 1.165) is 17.5 Å². The van der Waals surface area contributed by atoms with Crippen LogP contribution in [-0.2, 0) is 13.1 Å². The van der Waals surface area contributed by atoms with Gasteiger partial charge in [-0.25, -0.2) is 9.98 Å². The summed E-state index contributed by atoms with van der Waals surface area (Å²) in [5.41, 5.74) is 3.83. The number of benzene rings is 1. The van der Waals surface area contributed by atoms with Gasteiger partial charge in [-0.1, -0.05) is 23.8 Å². The molecule has 5 heteroatoms. The predicted molar refractivity (Wildman–Crippen MR) is 94.4 cm³/mol. The molecule has 2 N–H and O–H groups in total. The van der Waals surface area contributed by atoms with Crippen LogP contribution in [0.25, 0.3) is 0 Å². The summed E-state index contributed by atoms with van der Waals surface area (Å²) in [6, 6.07) is 6.49. The molecule has 2 aromatic rings. The van der Waals surface area contributed by atoms with Crippen LogP contribution in [0.15, 0.2) is 29.4 Å². The van der Waals surface area contributed by atoms with Gasteiger partial charge in [-0.05, 0) is 38.8 Å². The third-order valence-electron chi connectivity index (χ3n) is 3.33. The first kappa shape index (κ1) is 16.5. The molecule has 22 heavy (non-hydrogen) atoms. The van der Waals surface area contributed by atoms with Gasteiger partial charge in [0.05, 0.1) is 13.1 Å². The van der Waals surface area contributed by atoms with Crippen molar-refractivity contribution < 1.29 is 0 Å². The van der Waals surface area contributed by atoms with Gasteiger partial charge in [0.25, 0.3) is 0 Å². The van der Waals surface area contributed by atoms with E-state index >= 15 is 0 Å². The molecule has 0 fully saturated rings. The van der Waals surface area contributed by atoms with Gasteiger partial charge in [-0.2, -0.15) is 0 Å². The lowest BCUT2D eigenvalue weighted by molar-refractivity contribution is 0.811. The molecule has 0 aliphatic carbocycles. The fraction of sp³-hybridized carbons (Fsp3) is 0.412. The Kier molecular flexibility index (Phi) is 5.95. The Hall–Kier alpha value is -1.88. The first-order valence-electron chi connectivity index (χ1n) is 7.58. The van der Waals surface area contributed by atoms with E-state index in [2.05, 4.69) is 66.5 Å². The van der Waals surface area contributed by atoms with Crippen molar-refractivity contribution in [3.63, 3.8) is 0 Å². The molecule has 0 saturated carbocycles. The highest BCUT2D eigenvalue weighted by Crippen LogP contribution is 2.12. The molecule has 2 rings (SSSR count). The van der Waals surface area contributed by atoms with Crippen LogP contribution >= 0.6 is 11.3 Å². The van der Waals surface area contributed by atoms with Crippen molar-refractivity contribution in [2.45, 2.75) is 40.8 Å². The second-order valence-corrected chi connectivity index (χ2v) is 6.66. The standard InChI is InChI=1S/C17H24N4S/c1-5-18-17(21-11-16-19-9-14(4)22-16)20-10-15-7-6-12(2)8-13(15)3/h6-9H,5,10-11H2,1-4H3,(H2,18,20,21). The van der Waals surface area contributed by atoms with E-state index < -0.39 is 0 Å². The van der Waals surface area contributed by atoms with Crippen LogP contribution in [0.5, 0.6) is 0 Å². The average Bonchev–Trinajstić information content (AvgIpc) is 2.89. The van der Waals surface area contributed by atoms with Gasteiger partial charge in [-0.15, -0.1) is 11.3 Å². The summed E-state index contributed by atoms with van der Waals surface area (Å²) in [6.07, 6.45) is 1.90. The molecule has 4 nitrogen and oxygen atoms in total. The molecule has 0 unspecified atom stereocenters. The first-order chi connectivity index (χ1) is 10.6. The molecule has 0 aliphatic rings. The molecule has 1 aromatic heterocycles. The zero-order chi connectivity index (χ0) is 15.9. The predicted octanol–water partition coefficient (Wildman–Crippen LogP) is 3.32. The van der Waals surface area contributed by atoms with E-state index in [4.69, 9.17) is 0 Å². The highest BCUT2D eigenvalue weighted by Gasteiger charge is 2.03. The number of nitrogens with zero attached hydrogens (tertiary/aromatic N) is 2. The monoisotopic (exact) mass is 316 g/mol. The van der Waals surface area contributed by atoms with Gasteiger partial charge in [0, 0.05) is 17.6 Å². The van der Waals surface area contributed by atoms with Crippen LogP contribution in [0.3, 0.4) is 0 Å². The Bertz CT molecular complexity index is 646. The molecule has 0 aliphatic heterocycles. The van der Waals surface area contributed by atoms with Gasteiger partial charge in [0.2, 0.25) is 0 Å². The maximum Gasteiger partial charge on any atom is 0.191 e. The van der Waals surface area contributed by atoms with Crippen molar-refractivity contribution >= 4 is 17.3 Å². The summed E-state index contributed by atoms with van der Waals surface area (Å²) in [4.78, 5) is 10.3. The zero-order valence-corrected chi connectivity index (χ0v) is 14.5. The lowest BCUT2D eigenvalue weighted by Crippen LogP contribution is -2.36. The van der Waals surface area contributed by atoms with E-state index in [-0.39, 0.29) is 0 Å². The van der Waals surface area contributed by atoms with Crippen LogP contribution in [0.4, 0.5) is 0 Å². The Labute approximate surface area is 136 Å². The van der Waals surface area contributed by atoms with Gasteiger partial charge in [0.1, 0.15) is 5.01 Å². The minimum Gasteiger partial charge on any atom is -0.357 e. The topological polar surface area (TPSA) is 49.3 Å². The normalized spacial score (nSPS) is 11.5. The molecule has 0 saturated heterocycles. The third kappa shape index (κ3) is 4.84. The number of aliphatic imine (C=N–C) groups is 1. The van der Waals surface area contributed by atoms with E-state index in [1.165, 1.54) is 21.6 Å². The van der Waals surface area contributed by atoms with Crippen molar-refractivity contribution in [2.75, 3.05) is 6.54 Å². The summed E-state index contributed by atoms with van der Waals surface area (Å²) < 4.78 is 0. The number of guanidine groups is 1. The number of hydrogen-bond acceptors (Lipinski definition) is 3. The summed E-state index contributed by atoms with van der Waals surface area (Å²) in [6.45, 7) is 10.6. The molecule has 1 aromatic carbocycles. The van der Waals surface area contributed by atoms with Crippen LogP contribution in [0.1, 0.15) is 33.5 Å². The zero-order valence-electron chi connectivity index (χ0n) is 13.7. The summed E-state index contributed by atoms with van der Waals surface area (Å²) in [5, 5.41) is 7.69. The van der Waals surface area contributed by atoms with E-state index in [1.807, 2.05) is 6.20 Å². The molecule has 0 radical (unpaired) electrons. The van der Waals surface area contributed by atoms with Crippen LogP contribution in [0, 0.1) is 20.8 Å². The summed E-state index contributed by atoms with van der Waals surface area (Å²) >= 11 is 1.71. The largest absolute Gasteiger partial charge is 0.357 e. The molecule has 0 bridgehead atoms. The minimum atomic E-state index is 0.679. The van der Waals surface area contributed by atoms with Gasteiger partial charge < -0.3 is 10.6 Å². The lowest BCUT2D eigenvalue weighted by atomic mass is 10.1. The average molecular weight is 316 g/mol. The number of aryl methyl sites for hydroxylation is 3. The SMILES string of the molecule is CCNC(=NCc1ccc(C)cc1C)NCc1ncc(C)s1. The Balaban J connectivity index is 1.99. The maximum atomic E-state index is 4.67. The molecule has 0 atom stereocenters. The highest BCUT2D eigenvalue weighted by molar-refractivity contribution is 7.11. The van der Waals surface area contributed by atoms with Crippen molar-refractivity contribution in [1.29, 1.82) is 0 Å². The summed E-state index contributed by atoms with van der Waals surface area (Å²) in [7, 11) is 0. The van der Waals surface area contributed by atoms with Crippen LogP contribution in [-0.4, -0.2) is 17.5 Å². The number of hydrogen-bond donors (Lipinski definition) is 2. The van der Waals surface area contributed by atoms with Crippen LogP contribution in [0.2, 0.25) is 0 Å². The van der Waals surface area contributed by atoms with E-state index in [1.54, 1.807) is 11.3 Å². The summed E-state index contributed by atoms with van der Waals surface area (Å²) in [5.74, 6) is 0.829. The van der Waals surface area contributed by atoms with E-state index in [0.29, 0.717) is 13.1 Å². The number of thiazole rings is 1. The third-order valence-corrected chi connectivity index (χ3v) is 4.24. The molecule has 1 heterocycles. The Morgan fingerprint density at radius 1 is 1.23 bits per heavy atom. The smallest absolute Gasteiger partial charge is 0.191 e. The Morgan fingerprint density at radius 2 is 2.05 bits per heavy atom. The quantitative estimate of drug-likeness (QED) is 0.657.